The van der Waals surface area contributed by atoms with Crippen LogP contribution in [-0.4, -0.2) is 6.04 Å². The number of hydrogen-bond acceptors (Lipinski definition) is 2. The van der Waals surface area contributed by atoms with Crippen molar-refractivity contribution >= 4 is 0 Å². The van der Waals surface area contributed by atoms with Gasteiger partial charge in [-0.3, -0.25) is 11.3 Å². The number of nitrogens with two attached hydrogens (primary N) is 1. The molecule has 0 saturated heterocycles. The Bertz CT molecular complexity index is 41.8. The van der Waals surface area contributed by atoms with Gasteiger partial charge in [0.05, 0.1) is 0 Å². The molecule has 0 aromatic heterocycles. The summed E-state index contributed by atoms with van der Waals surface area (Å²) in [7, 11) is 0. The van der Waals surface area contributed by atoms with Crippen molar-refractivity contribution < 1.29 is 0 Å². The molecule has 2 nitrogen and oxygen atoms in total. The molecule has 0 fully saturated rings. The molecular weight excluding hydrogens is 100 g/mol. The van der Waals surface area contributed by atoms with Gasteiger partial charge in [0.25, 0.3) is 0 Å². The summed E-state index contributed by atoms with van der Waals surface area (Å²) in [5.74, 6) is 5.22. The van der Waals surface area contributed by atoms with E-state index in [1.54, 1.807) is 0 Å². The SMILES string of the molecule is CCCC(CC)NN. The zero-order valence-electron chi connectivity index (χ0n) is 5.78. The third-order valence-corrected chi connectivity index (χ3v) is 1.37. The van der Waals surface area contributed by atoms with Gasteiger partial charge in [0.2, 0.25) is 0 Å². The normalized spacial score (nSPS) is 13.9. The van der Waals surface area contributed by atoms with Crippen molar-refractivity contribution in [1.82, 2.24) is 5.43 Å². The first-order valence-corrected chi connectivity index (χ1v) is 3.31. The molecule has 0 aliphatic rings. The Labute approximate surface area is 51.4 Å². The first-order valence-electron chi connectivity index (χ1n) is 3.31. The predicted molar refractivity (Wildman–Crippen MR) is 36.3 cm³/mol. The van der Waals surface area contributed by atoms with Crippen LogP contribution in [0, 0.1) is 0 Å². The molecule has 0 bridgehead atoms. The molecule has 2 heteroatoms. The lowest BCUT2D eigenvalue weighted by Gasteiger charge is -2.10. The van der Waals surface area contributed by atoms with Crippen molar-refractivity contribution in [3.05, 3.63) is 0 Å². The van der Waals surface area contributed by atoms with Crippen molar-refractivity contribution in [2.24, 2.45) is 5.84 Å². The van der Waals surface area contributed by atoms with Crippen LogP contribution in [0.2, 0.25) is 0 Å². The van der Waals surface area contributed by atoms with E-state index in [1.165, 1.54) is 12.8 Å². The van der Waals surface area contributed by atoms with Crippen LogP contribution in [0.5, 0.6) is 0 Å². The van der Waals surface area contributed by atoms with Gasteiger partial charge in [-0.05, 0) is 12.8 Å². The summed E-state index contributed by atoms with van der Waals surface area (Å²) < 4.78 is 0. The van der Waals surface area contributed by atoms with Gasteiger partial charge in [-0.25, -0.2) is 0 Å². The number of hydrogen-bond donors (Lipinski definition) is 2. The van der Waals surface area contributed by atoms with Crippen molar-refractivity contribution in [1.29, 1.82) is 0 Å². The van der Waals surface area contributed by atoms with Crippen LogP contribution >= 0.6 is 0 Å². The molecule has 0 radical (unpaired) electrons. The molecule has 0 aromatic rings. The van der Waals surface area contributed by atoms with E-state index in [4.69, 9.17) is 5.84 Å². The minimum Gasteiger partial charge on any atom is -0.271 e. The lowest BCUT2D eigenvalue weighted by molar-refractivity contribution is 0.476. The van der Waals surface area contributed by atoms with Crippen LogP contribution < -0.4 is 11.3 Å². The topological polar surface area (TPSA) is 38.0 Å². The van der Waals surface area contributed by atoms with Crippen LogP contribution in [0.1, 0.15) is 33.1 Å². The molecule has 0 spiro atoms. The van der Waals surface area contributed by atoms with Gasteiger partial charge in [0.15, 0.2) is 0 Å². The van der Waals surface area contributed by atoms with Gasteiger partial charge < -0.3 is 0 Å². The summed E-state index contributed by atoms with van der Waals surface area (Å²) in [6.45, 7) is 4.31. The molecule has 0 aromatic carbocycles. The van der Waals surface area contributed by atoms with Gasteiger partial charge in [-0.1, -0.05) is 20.3 Å². The Morgan fingerprint density at radius 3 is 2.25 bits per heavy atom. The number of nitrogens with one attached hydrogen (secondary N) is 1. The zero-order chi connectivity index (χ0) is 6.41. The molecule has 50 valence electrons. The van der Waals surface area contributed by atoms with Gasteiger partial charge in [-0.2, -0.15) is 0 Å². The minimum absolute atomic E-state index is 0.528. The fourth-order valence-corrected chi connectivity index (χ4v) is 0.754. The molecule has 0 saturated carbocycles. The van der Waals surface area contributed by atoms with Gasteiger partial charge in [0.1, 0.15) is 0 Å². The van der Waals surface area contributed by atoms with E-state index in [-0.39, 0.29) is 0 Å². The Kier molecular flexibility index (Phi) is 5.01. The monoisotopic (exact) mass is 116 g/mol. The predicted octanol–water partition coefficient (Wildman–Crippen LogP) is 1.03. The summed E-state index contributed by atoms with van der Waals surface area (Å²) in [6.07, 6.45) is 3.53. The van der Waals surface area contributed by atoms with Crippen LogP contribution in [0.4, 0.5) is 0 Å². The molecule has 3 N–H and O–H groups in total. The Morgan fingerprint density at radius 1 is 1.50 bits per heavy atom. The first-order chi connectivity index (χ1) is 3.85. The molecule has 1 atom stereocenters. The van der Waals surface area contributed by atoms with Crippen LogP contribution in [0.25, 0.3) is 0 Å². The average molecular weight is 116 g/mol. The molecule has 1 unspecified atom stereocenters. The Morgan fingerprint density at radius 2 is 2.12 bits per heavy atom. The molecule has 0 aliphatic carbocycles. The van der Waals surface area contributed by atoms with E-state index in [1.807, 2.05) is 0 Å². The zero-order valence-corrected chi connectivity index (χ0v) is 5.78. The summed E-state index contributed by atoms with van der Waals surface area (Å²) in [6, 6.07) is 0.528. The average Bonchev–Trinajstić information content (AvgIpc) is 1.83. The Hall–Kier alpha value is -0.0800. The molecule has 0 rings (SSSR count). The first kappa shape index (κ1) is 7.92. The second kappa shape index (κ2) is 5.06. The summed E-state index contributed by atoms with van der Waals surface area (Å²) in [5, 5.41) is 0. The van der Waals surface area contributed by atoms with Crippen LogP contribution in [0.3, 0.4) is 0 Å². The largest absolute Gasteiger partial charge is 0.271 e. The third-order valence-electron chi connectivity index (χ3n) is 1.37. The highest BCUT2D eigenvalue weighted by atomic mass is 15.2. The number of hydrazine groups is 1. The highest BCUT2D eigenvalue weighted by Crippen LogP contribution is 1.97. The standard InChI is InChI=1S/C6H16N2/c1-3-5-6(4-2)8-7/h6,8H,3-5,7H2,1-2H3. The second-order valence-corrected chi connectivity index (χ2v) is 2.06. The van der Waals surface area contributed by atoms with Crippen molar-refractivity contribution in [3.63, 3.8) is 0 Å². The van der Waals surface area contributed by atoms with E-state index in [9.17, 15) is 0 Å². The van der Waals surface area contributed by atoms with Gasteiger partial charge >= 0.3 is 0 Å². The summed E-state index contributed by atoms with van der Waals surface area (Å²) in [4.78, 5) is 0. The van der Waals surface area contributed by atoms with Gasteiger partial charge in [-0.15, -0.1) is 0 Å². The van der Waals surface area contributed by atoms with Crippen LogP contribution in [-0.2, 0) is 0 Å². The molecule has 0 heterocycles. The molecule has 0 aliphatic heterocycles. The van der Waals surface area contributed by atoms with Crippen LogP contribution in [0.15, 0.2) is 0 Å². The van der Waals surface area contributed by atoms with Crippen molar-refractivity contribution in [3.8, 4) is 0 Å². The molecule has 8 heavy (non-hydrogen) atoms. The second-order valence-electron chi connectivity index (χ2n) is 2.06. The third kappa shape index (κ3) is 2.99. The highest BCUT2D eigenvalue weighted by molar-refractivity contribution is 4.57. The van der Waals surface area contributed by atoms with E-state index in [0.717, 1.165) is 6.42 Å². The Balaban J connectivity index is 3.07. The summed E-state index contributed by atoms with van der Waals surface area (Å²) >= 11 is 0. The fourth-order valence-electron chi connectivity index (χ4n) is 0.754. The lowest BCUT2D eigenvalue weighted by Crippen LogP contribution is -2.34. The summed E-state index contributed by atoms with van der Waals surface area (Å²) in [5.41, 5.74) is 2.75. The fraction of sp³-hybridized carbons (Fsp3) is 1.00. The van der Waals surface area contributed by atoms with E-state index >= 15 is 0 Å². The van der Waals surface area contributed by atoms with Crippen molar-refractivity contribution in [2.75, 3.05) is 0 Å². The maximum Gasteiger partial charge on any atom is 0.0207 e. The van der Waals surface area contributed by atoms with E-state index in [2.05, 4.69) is 19.3 Å². The smallest absolute Gasteiger partial charge is 0.0207 e. The van der Waals surface area contributed by atoms with E-state index < -0.39 is 0 Å². The quantitative estimate of drug-likeness (QED) is 0.425. The number of rotatable bonds is 4. The lowest BCUT2D eigenvalue weighted by atomic mass is 10.1. The molecular formula is C6H16N2. The van der Waals surface area contributed by atoms with Crippen molar-refractivity contribution in [2.45, 2.75) is 39.2 Å². The minimum atomic E-state index is 0.528. The molecule has 0 amide bonds. The highest BCUT2D eigenvalue weighted by Gasteiger charge is 1.98. The van der Waals surface area contributed by atoms with E-state index in [0.29, 0.717) is 6.04 Å². The maximum absolute atomic E-state index is 5.22. The van der Waals surface area contributed by atoms with Gasteiger partial charge in [0, 0.05) is 6.04 Å². The maximum atomic E-state index is 5.22.